The number of nitrogens with one attached hydrogen (secondary N) is 4. The van der Waals surface area contributed by atoms with Crippen molar-refractivity contribution in [3.8, 4) is 0 Å². The van der Waals surface area contributed by atoms with Crippen LogP contribution in [0.4, 0.5) is 0 Å². The predicted molar refractivity (Wildman–Crippen MR) is 140 cm³/mol. The van der Waals surface area contributed by atoms with Crippen molar-refractivity contribution in [1.82, 2.24) is 21.3 Å². The molecule has 0 bridgehead atoms. The van der Waals surface area contributed by atoms with Gasteiger partial charge in [-0.15, -0.1) is 0 Å². The average molecular weight is 636 g/mol. The third-order valence-electron chi connectivity index (χ3n) is 4.68. The quantitative estimate of drug-likeness (QED) is 0.0318. The second-order valence-corrected chi connectivity index (χ2v) is 10.6. The number of hydrogen-bond acceptors (Lipinski definition) is 12. The molecule has 0 saturated heterocycles. The third kappa shape index (κ3) is 20.0. The SMILES string of the molecule is N[C@@H](CCC(=O)N[C@@H](CSSC[C@H](NC(=O)CC[C@H](N)C(=O)O)C(=O)NCC(=O)O)C(=O)NCC(=O)O)C(=O)O.[Na+]. The summed E-state index contributed by atoms with van der Waals surface area (Å²) in [6, 6.07) is -5.16. The summed E-state index contributed by atoms with van der Waals surface area (Å²) in [5.74, 6) is -8.81. The van der Waals surface area contributed by atoms with Gasteiger partial charge in [0.15, 0.2) is 0 Å². The normalized spacial score (nSPS) is 13.2. The minimum absolute atomic E-state index is 0. The van der Waals surface area contributed by atoms with Gasteiger partial charge in [-0.3, -0.25) is 38.4 Å². The number of rotatable bonds is 21. The van der Waals surface area contributed by atoms with Crippen LogP contribution in [0.3, 0.4) is 0 Å². The van der Waals surface area contributed by atoms with E-state index in [0.717, 1.165) is 21.6 Å². The van der Waals surface area contributed by atoms with Crippen LogP contribution >= 0.6 is 21.6 Å². The van der Waals surface area contributed by atoms with Gasteiger partial charge in [0.2, 0.25) is 23.6 Å². The molecule has 21 heteroatoms. The van der Waals surface area contributed by atoms with Gasteiger partial charge in [-0.2, -0.15) is 0 Å². The maximum Gasteiger partial charge on any atom is 1.00 e. The molecular formula is C20H32N6NaO12S2+. The number of aliphatic carboxylic acids is 4. The van der Waals surface area contributed by atoms with E-state index in [2.05, 4.69) is 21.3 Å². The number of carboxylic acid groups (broad SMARTS) is 4. The molecule has 0 saturated carbocycles. The molecule has 0 aliphatic heterocycles. The molecular weight excluding hydrogens is 603 g/mol. The Labute approximate surface area is 263 Å². The maximum absolute atomic E-state index is 12.4. The topological polar surface area (TPSA) is 318 Å². The molecule has 226 valence electrons. The van der Waals surface area contributed by atoms with E-state index in [4.69, 9.17) is 31.9 Å². The van der Waals surface area contributed by atoms with E-state index in [1.54, 1.807) is 0 Å². The zero-order chi connectivity index (χ0) is 30.8. The molecule has 0 fully saturated rings. The van der Waals surface area contributed by atoms with E-state index >= 15 is 0 Å². The molecule has 18 nitrogen and oxygen atoms in total. The minimum atomic E-state index is -1.34. The summed E-state index contributed by atoms with van der Waals surface area (Å²) >= 11 is 0. The Balaban J connectivity index is 0. The van der Waals surface area contributed by atoms with Crippen molar-refractivity contribution >= 4 is 69.1 Å². The Kier molecular flexibility index (Phi) is 21.8. The van der Waals surface area contributed by atoms with Gasteiger partial charge in [0, 0.05) is 24.3 Å². The fraction of sp³-hybridized carbons (Fsp3) is 0.600. The number of carbonyl (C=O) groups excluding carboxylic acids is 4. The summed E-state index contributed by atoms with van der Waals surface area (Å²) in [5.41, 5.74) is 10.7. The molecule has 4 amide bonds. The molecule has 0 unspecified atom stereocenters. The molecule has 0 heterocycles. The molecule has 0 radical (unpaired) electrons. The van der Waals surface area contributed by atoms with Gasteiger partial charge >= 0.3 is 53.4 Å². The van der Waals surface area contributed by atoms with Gasteiger partial charge in [0.1, 0.15) is 37.3 Å². The Bertz CT molecular complexity index is 886. The zero-order valence-electron chi connectivity index (χ0n) is 22.0. The van der Waals surface area contributed by atoms with Gasteiger partial charge < -0.3 is 53.2 Å². The van der Waals surface area contributed by atoms with E-state index in [0.29, 0.717) is 0 Å². The summed E-state index contributed by atoms with van der Waals surface area (Å²) < 4.78 is 0. The first-order valence-electron chi connectivity index (χ1n) is 11.4. The number of carboxylic acids is 4. The Morgan fingerprint density at radius 1 is 0.610 bits per heavy atom. The van der Waals surface area contributed by atoms with Crippen LogP contribution in [0.1, 0.15) is 25.7 Å². The van der Waals surface area contributed by atoms with E-state index < -0.39 is 84.8 Å². The monoisotopic (exact) mass is 635 g/mol. The zero-order valence-corrected chi connectivity index (χ0v) is 25.6. The molecule has 0 aromatic rings. The fourth-order valence-electron chi connectivity index (χ4n) is 2.52. The van der Waals surface area contributed by atoms with Crippen molar-refractivity contribution in [2.45, 2.75) is 49.9 Å². The predicted octanol–water partition coefficient (Wildman–Crippen LogP) is -6.87. The first-order valence-corrected chi connectivity index (χ1v) is 13.9. The molecule has 0 aromatic heterocycles. The van der Waals surface area contributed by atoms with Crippen molar-refractivity contribution in [3.63, 3.8) is 0 Å². The molecule has 41 heavy (non-hydrogen) atoms. The summed E-state index contributed by atoms with van der Waals surface area (Å²) in [6.07, 6.45) is -1.12. The summed E-state index contributed by atoms with van der Waals surface area (Å²) in [6.45, 7) is -1.48. The van der Waals surface area contributed by atoms with Gasteiger partial charge in [0.05, 0.1) is 0 Å². The number of hydrogen-bond donors (Lipinski definition) is 10. The third-order valence-corrected chi connectivity index (χ3v) is 7.11. The van der Waals surface area contributed by atoms with Crippen LogP contribution in [0, 0.1) is 0 Å². The van der Waals surface area contributed by atoms with Crippen molar-refractivity contribution in [2.24, 2.45) is 11.5 Å². The van der Waals surface area contributed by atoms with Crippen LogP contribution < -0.4 is 62.3 Å². The summed E-state index contributed by atoms with van der Waals surface area (Å²) in [5, 5.41) is 44.1. The molecule has 0 spiro atoms. The standard InChI is InChI=1S/C20H32N6O12S2.Na/c21-9(19(35)36)1-3-13(27)25-11(17(33)23-5-15(29)30)7-39-40-8-12(18(34)24-6-16(31)32)26-14(28)4-2-10(22)20(37)38;/h9-12H,1-8,21-22H2,(H,23,33)(H,24,34)(H,25,27)(H,26,28)(H,29,30)(H,31,32)(H,35,36)(H,37,38);/q;+1/t9-,10-,11-,12-;/m0./s1. The first-order chi connectivity index (χ1) is 18.6. The van der Waals surface area contributed by atoms with Gasteiger partial charge in [-0.05, 0) is 12.8 Å². The molecule has 12 N–H and O–H groups in total. The Morgan fingerprint density at radius 3 is 1.20 bits per heavy atom. The van der Waals surface area contributed by atoms with Crippen LogP contribution in [-0.4, -0.2) is 117 Å². The summed E-state index contributed by atoms with van der Waals surface area (Å²) in [7, 11) is 1.89. The van der Waals surface area contributed by atoms with E-state index in [1.807, 2.05) is 0 Å². The van der Waals surface area contributed by atoms with Crippen LogP contribution in [0.15, 0.2) is 0 Å². The molecule has 0 aliphatic carbocycles. The summed E-state index contributed by atoms with van der Waals surface area (Å²) in [4.78, 5) is 92.3. The van der Waals surface area contributed by atoms with Crippen LogP contribution in [0.25, 0.3) is 0 Å². The molecule has 4 atom stereocenters. The Morgan fingerprint density at radius 2 is 0.927 bits per heavy atom. The second-order valence-electron chi connectivity index (χ2n) is 8.00. The van der Waals surface area contributed by atoms with E-state index in [9.17, 15) is 38.4 Å². The van der Waals surface area contributed by atoms with Crippen LogP contribution in [0.2, 0.25) is 0 Å². The molecule has 0 rings (SSSR count). The number of amides is 4. The largest absolute Gasteiger partial charge is 1.00 e. The van der Waals surface area contributed by atoms with Gasteiger partial charge in [0.25, 0.3) is 0 Å². The number of nitrogens with two attached hydrogens (primary N) is 2. The van der Waals surface area contributed by atoms with Crippen molar-refractivity contribution < 1.29 is 88.3 Å². The Hall–Kier alpha value is -2.62. The first kappa shape index (κ1) is 40.5. The number of carbonyl (C=O) groups is 8. The van der Waals surface area contributed by atoms with E-state index in [-0.39, 0.29) is 66.7 Å². The minimum Gasteiger partial charge on any atom is -0.480 e. The smallest absolute Gasteiger partial charge is 0.480 e. The van der Waals surface area contributed by atoms with Crippen LogP contribution in [0.5, 0.6) is 0 Å². The van der Waals surface area contributed by atoms with Crippen molar-refractivity contribution in [3.05, 3.63) is 0 Å². The van der Waals surface area contributed by atoms with Crippen LogP contribution in [-0.2, 0) is 38.4 Å². The fourth-order valence-corrected chi connectivity index (χ4v) is 4.85. The van der Waals surface area contributed by atoms with E-state index in [1.165, 1.54) is 0 Å². The second kappa shape index (κ2) is 22.0. The van der Waals surface area contributed by atoms with Gasteiger partial charge in [-0.1, -0.05) is 21.6 Å². The molecule has 0 aromatic carbocycles. The van der Waals surface area contributed by atoms with Gasteiger partial charge in [-0.25, -0.2) is 0 Å². The van der Waals surface area contributed by atoms with Crippen molar-refractivity contribution in [2.75, 3.05) is 24.6 Å². The maximum atomic E-state index is 12.4. The average Bonchev–Trinajstić information content (AvgIpc) is 2.87. The molecule has 0 aliphatic rings. The van der Waals surface area contributed by atoms with Crippen molar-refractivity contribution in [1.29, 1.82) is 0 Å².